The fraction of sp³-hybridized carbons (Fsp3) is 0.200. The summed E-state index contributed by atoms with van der Waals surface area (Å²) in [6.45, 7) is -0.00792. The number of amides is 1. The highest BCUT2D eigenvalue weighted by Gasteiger charge is 2.19. The molecule has 0 atom stereocenters. The Hall–Kier alpha value is -2.64. The molecule has 0 fully saturated rings. The number of halogens is 2. The molecule has 8 heteroatoms. The number of carbonyl (C=O) groups is 2. The molecule has 1 heterocycles. The van der Waals surface area contributed by atoms with E-state index in [0.29, 0.717) is 23.1 Å². The third kappa shape index (κ3) is 4.79. The van der Waals surface area contributed by atoms with E-state index in [1.165, 1.54) is 18.2 Å². The van der Waals surface area contributed by atoms with Crippen molar-refractivity contribution < 1.29 is 23.5 Å². The van der Waals surface area contributed by atoms with E-state index < -0.39 is 24.3 Å². The van der Waals surface area contributed by atoms with Crippen LogP contribution in [0, 0.1) is 5.82 Å². The van der Waals surface area contributed by atoms with Crippen LogP contribution in [0.3, 0.4) is 0 Å². The average molecular weight is 422 g/mol. The Labute approximate surface area is 170 Å². The van der Waals surface area contributed by atoms with Crippen molar-refractivity contribution in [1.29, 1.82) is 0 Å². The quantitative estimate of drug-likeness (QED) is 0.580. The normalized spacial score (nSPS) is 10.7. The second-order valence-corrected chi connectivity index (χ2v) is 7.34. The van der Waals surface area contributed by atoms with Crippen LogP contribution in [0.25, 0.3) is 10.1 Å². The summed E-state index contributed by atoms with van der Waals surface area (Å²) in [7, 11) is 1.60. The van der Waals surface area contributed by atoms with Gasteiger partial charge in [-0.15, -0.1) is 11.3 Å². The van der Waals surface area contributed by atoms with Gasteiger partial charge in [0.05, 0.1) is 12.1 Å². The molecule has 2 aromatic carbocycles. The van der Waals surface area contributed by atoms with Gasteiger partial charge in [-0.2, -0.15) is 0 Å². The van der Waals surface area contributed by atoms with Gasteiger partial charge in [-0.05, 0) is 42.3 Å². The Morgan fingerprint density at radius 3 is 2.64 bits per heavy atom. The van der Waals surface area contributed by atoms with Crippen molar-refractivity contribution in [3.8, 4) is 5.75 Å². The molecule has 3 rings (SSSR count). The van der Waals surface area contributed by atoms with Crippen molar-refractivity contribution in [3.63, 3.8) is 0 Å². The Morgan fingerprint density at radius 1 is 1.18 bits per heavy atom. The van der Waals surface area contributed by atoms with E-state index in [9.17, 15) is 14.0 Å². The minimum absolute atomic E-state index is 0.147. The predicted molar refractivity (Wildman–Crippen MR) is 107 cm³/mol. The largest absolute Gasteiger partial charge is 0.497 e. The minimum atomic E-state index is -0.711. The zero-order valence-electron chi connectivity index (χ0n) is 15.0. The summed E-state index contributed by atoms with van der Waals surface area (Å²) < 4.78 is 24.0. The van der Waals surface area contributed by atoms with E-state index in [4.69, 9.17) is 21.1 Å². The number of fused-ring (bicyclic) bond motifs is 1. The number of nitrogens with one attached hydrogen (secondary N) is 1. The maximum atomic E-state index is 13.3. The smallest absolute Gasteiger partial charge is 0.350 e. The number of benzene rings is 2. The van der Waals surface area contributed by atoms with Gasteiger partial charge in [0.1, 0.15) is 16.4 Å². The number of hydrogen-bond donors (Lipinski definition) is 1. The van der Waals surface area contributed by atoms with Crippen molar-refractivity contribution in [1.82, 2.24) is 5.32 Å². The van der Waals surface area contributed by atoms with Gasteiger partial charge >= 0.3 is 5.97 Å². The number of ether oxygens (including phenoxy) is 2. The first kappa shape index (κ1) is 20.1. The molecular formula is C20H17ClFNO4S. The summed E-state index contributed by atoms with van der Waals surface area (Å²) in [5.74, 6) is -0.772. The van der Waals surface area contributed by atoms with Crippen LogP contribution >= 0.6 is 22.9 Å². The Kier molecular flexibility index (Phi) is 6.49. The number of hydrogen-bond acceptors (Lipinski definition) is 5. The average Bonchev–Trinajstić information content (AvgIpc) is 3.02. The van der Waals surface area contributed by atoms with Crippen LogP contribution in [-0.4, -0.2) is 32.1 Å². The van der Waals surface area contributed by atoms with Gasteiger partial charge in [0.2, 0.25) is 0 Å². The minimum Gasteiger partial charge on any atom is -0.497 e. The SMILES string of the molecule is COc1ccc(CCNC(=O)COC(=O)c2sc3cc(F)ccc3c2Cl)cc1. The molecule has 0 saturated heterocycles. The van der Waals surface area contributed by atoms with Crippen molar-refractivity contribution in [2.75, 3.05) is 20.3 Å². The molecule has 1 N–H and O–H groups in total. The summed E-state index contributed by atoms with van der Waals surface area (Å²) >= 11 is 7.20. The van der Waals surface area contributed by atoms with E-state index >= 15 is 0 Å². The first-order valence-corrected chi connectivity index (χ1v) is 9.61. The Morgan fingerprint density at radius 2 is 1.93 bits per heavy atom. The molecule has 1 aromatic heterocycles. The van der Waals surface area contributed by atoms with Gasteiger partial charge in [0.15, 0.2) is 6.61 Å². The number of thiophene rings is 1. The van der Waals surface area contributed by atoms with Crippen LogP contribution in [0.4, 0.5) is 4.39 Å². The second kappa shape index (κ2) is 9.03. The fourth-order valence-electron chi connectivity index (χ4n) is 2.56. The van der Waals surface area contributed by atoms with Gasteiger partial charge in [-0.25, -0.2) is 9.18 Å². The van der Waals surface area contributed by atoms with Crippen LogP contribution < -0.4 is 10.1 Å². The summed E-state index contributed by atoms with van der Waals surface area (Å²) in [6.07, 6.45) is 0.636. The van der Waals surface area contributed by atoms with Crippen LogP contribution in [0.5, 0.6) is 5.75 Å². The zero-order valence-corrected chi connectivity index (χ0v) is 16.5. The van der Waals surface area contributed by atoms with Gasteiger partial charge in [-0.3, -0.25) is 4.79 Å². The molecule has 0 radical (unpaired) electrons. The standard InChI is InChI=1S/C20H17ClFNO4S/c1-26-14-5-2-12(3-6-14)8-9-23-17(24)11-27-20(25)19-18(21)15-7-4-13(22)10-16(15)28-19/h2-7,10H,8-9,11H2,1H3,(H,23,24). The molecule has 0 spiro atoms. The lowest BCUT2D eigenvalue weighted by Gasteiger charge is -2.07. The van der Waals surface area contributed by atoms with Crippen LogP contribution in [0.2, 0.25) is 5.02 Å². The Balaban J connectivity index is 1.48. The number of esters is 1. The molecular weight excluding hydrogens is 405 g/mol. The lowest BCUT2D eigenvalue weighted by atomic mass is 10.1. The van der Waals surface area contributed by atoms with Crippen LogP contribution in [0.1, 0.15) is 15.2 Å². The van der Waals surface area contributed by atoms with E-state index in [1.54, 1.807) is 7.11 Å². The number of carbonyl (C=O) groups excluding carboxylic acids is 2. The summed E-state index contributed by atoms with van der Waals surface area (Å²) in [6, 6.07) is 11.6. The molecule has 146 valence electrons. The second-order valence-electron chi connectivity index (χ2n) is 5.91. The highest BCUT2D eigenvalue weighted by molar-refractivity contribution is 7.21. The lowest BCUT2D eigenvalue weighted by molar-refractivity contribution is -0.124. The lowest BCUT2D eigenvalue weighted by Crippen LogP contribution is -2.30. The topological polar surface area (TPSA) is 64.6 Å². The van der Waals surface area contributed by atoms with Crippen molar-refractivity contribution in [2.24, 2.45) is 0 Å². The first-order chi connectivity index (χ1) is 13.5. The van der Waals surface area contributed by atoms with Gasteiger partial charge in [0.25, 0.3) is 5.91 Å². The molecule has 0 aliphatic heterocycles. The van der Waals surface area contributed by atoms with E-state index in [-0.39, 0.29) is 9.90 Å². The number of rotatable bonds is 7. The highest BCUT2D eigenvalue weighted by Crippen LogP contribution is 2.36. The van der Waals surface area contributed by atoms with Crippen molar-refractivity contribution in [2.45, 2.75) is 6.42 Å². The van der Waals surface area contributed by atoms with Gasteiger partial charge < -0.3 is 14.8 Å². The molecule has 0 unspecified atom stereocenters. The molecule has 3 aromatic rings. The summed E-state index contributed by atoms with van der Waals surface area (Å²) in [5, 5.41) is 3.46. The monoisotopic (exact) mass is 421 g/mol. The van der Waals surface area contributed by atoms with E-state index in [0.717, 1.165) is 22.6 Å². The first-order valence-electron chi connectivity index (χ1n) is 8.42. The highest BCUT2D eigenvalue weighted by atomic mass is 35.5. The van der Waals surface area contributed by atoms with Gasteiger partial charge in [-0.1, -0.05) is 23.7 Å². The molecule has 0 aliphatic carbocycles. The maximum absolute atomic E-state index is 13.3. The summed E-state index contributed by atoms with van der Waals surface area (Å²) in [4.78, 5) is 24.2. The fourth-order valence-corrected chi connectivity index (χ4v) is 3.98. The third-order valence-electron chi connectivity index (χ3n) is 4.01. The molecule has 0 bridgehead atoms. The zero-order chi connectivity index (χ0) is 20.1. The molecule has 0 saturated carbocycles. The molecule has 0 aliphatic rings. The third-order valence-corrected chi connectivity index (χ3v) is 5.64. The summed E-state index contributed by atoms with van der Waals surface area (Å²) in [5.41, 5.74) is 1.04. The van der Waals surface area contributed by atoms with Crippen molar-refractivity contribution in [3.05, 3.63) is 63.7 Å². The molecule has 28 heavy (non-hydrogen) atoms. The van der Waals surface area contributed by atoms with E-state index in [2.05, 4.69) is 5.32 Å². The number of methoxy groups -OCH3 is 1. The van der Waals surface area contributed by atoms with Crippen molar-refractivity contribution >= 4 is 44.9 Å². The van der Waals surface area contributed by atoms with Crippen LogP contribution in [0.15, 0.2) is 42.5 Å². The molecule has 1 amide bonds. The van der Waals surface area contributed by atoms with Gasteiger partial charge in [0, 0.05) is 16.6 Å². The predicted octanol–water partition coefficient (Wildman–Crippen LogP) is 4.22. The maximum Gasteiger partial charge on any atom is 0.350 e. The van der Waals surface area contributed by atoms with Crippen LogP contribution in [-0.2, 0) is 16.0 Å². The molecule has 5 nitrogen and oxygen atoms in total. The Bertz CT molecular complexity index is 1000. The van der Waals surface area contributed by atoms with E-state index in [1.807, 2.05) is 24.3 Å².